The quantitative estimate of drug-likeness (QED) is 0.491. The van der Waals surface area contributed by atoms with E-state index in [4.69, 9.17) is 27.9 Å². The number of benzene rings is 2. The topological polar surface area (TPSA) is 55.4 Å². The maximum Gasteiger partial charge on any atom is 0.257 e. The zero-order valence-electron chi connectivity index (χ0n) is 14.3. The van der Waals surface area contributed by atoms with Crippen LogP contribution in [0.5, 0.6) is 5.75 Å². The fraction of sp³-hybridized carbons (Fsp3) is 0.100. The predicted octanol–water partition coefficient (Wildman–Crippen LogP) is 6.09. The summed E-state index contributed by atoms with van der Waals surface area (Å²) >= 11 is 13.5. The van der Waals surface area contributed by atoms with Crippen LogP contribution in [-0.4, -0.2) is 11.7 Å². The van der Waals surface area contributed by atoms with Gasteiger partial charge in [-0.1, -0.05) is 29.3 Å². The van der Waals surface area contributed by atoms with Crippen LogP contribution in [0.15, 0.2) is 53.9 Å². The number of thiophene rings is 1. The summed E-state index contributed by atoms with van der Waals surface area (Å²) in [6.07, 6.45) is 0. The first-order valence-electron chi connectivity index (χ1n) is 8.00. The number of Topliss-reactive ketones (excluding diaryl/α,β-unsaturated/α-hetero) is 1. The number of hydrogen-bond acceptors (Lipinski definition) is 4. The molecule has 7 heteroatoms. The molecule has 1 N–H and O–H groups in total. The Morgan fingerprint density at radius 3 is 2.56 bits per heavy atom. The Bertz CT molecular complexity index is 987. The number of hydrogen-bond donors (Lipinski definition) is 1. The van der Waals surface area contributed by atoms with Crippen molar-refractivity contribution in [3.05, 3.63) is 80.0 Å². The lowest BCUT2D eigenvalue weighted by molar-refractivity contribution is 0.101. The number of amides is 1. The molecule has 2 aromatic carbocycles. The number of nitrogens with one attached hydrogen (secondary N) is 1. The third-order valence-corrected chi connectivity index (χ3v) is 5.15. The van der Waals surface area contributed by atoms with Gasteiger partial charge in [0.05, 0.1) is 16.3 Å². The SMILES string of the molecule is CC(=O)c1cc(OCc2cccs2)ccc1NC(=O)c1ccc(Cl)cc1Cl. The predicted molar refractivity (Wildman–Crippen MR) is 110 cm³/mol. The van der Waals surface area contributed by atoms with Crippen molar-refractivity contribution in [3.63, 3.8) is 0 Å². The lowest BCUT2D eigenvalue weighted by Gasteiger charge is -2.12. The van der Waals surface area contributed by atoms with E-state index < -0.39 is 5.91 Å². The molecule has 0 spiro atoms. The Balaban J connectivity index is 1.80. The van der Waals surface area contributed by atoms with Crippen LogP contribution in [0.25, 0.3) is 0 Å². The molecule has 4 nitrogen and oxygen atoms in total. The second-order valence-electron chi connectivity index (χ2n) is 5.71. The van der Waals surface area contributed by atoms with Crippen LogP contribution in [0.2, 0.25) is 10.0 Å². The average Bonchev–Trinajstić information content (AvgIpc) is 3.14. The number of ketones is 1. The first-order chi connectivity index (χ1) is 12.9. The zero-order chi connectivity index (χ0) is 19.4. The maximum atomic E-state index is 12.5. The highest BCUT2D eigenvalue weighted by Crippen LogP contribution is 2.26. The van der Waals surface area contributed by atoms with Crippen LogP contribution in [0.4, 0.5) is 5.69 Å². The minimum absolute atomic E-state index is 0.186. The van der Waals surface area contributed by atoms with E-state index >= 15 is 0 Å². The second kappa shape index (κ2) is 8.57. The highest BCUT2D eigenvalue weighted by atomic mass is 35.5. The summed E-state index contributed by atoms with van der Waals surface area (Å²) in [5, 5.41) is 5.37. The minimum atomic E-state index is -0.425. The van der Waals surface area contributed by atoms with E-state index in [1.807, 2.05) is 17.5 Å². The first-order valence-corrected chi connectivity index (χ1v) is 9.64. The Kier molecular flexibility index (Phi) is 6.16. The van der Waals surface area contributed by atoms with Crippen LogP contribution >= 0.6 is 34.5 Å². The monoisotopic (exact) mass is 419 g/mol. The molecular weight excluding hydrogens is 405 g/mol. The zero-order valence-corrected chi connectivity index (χ0v) is 16.6. The largest absolute Gasteiger partial charge is 0.488 e. The van der Waals surface area contributed by atoms with Gasteiger partial charge in [0, 0.05) is 15.5 Å². The molecule has 0 fully saturated rings. The van der Waals surface area contributed by atoms with Gasteiger partial charge >= 0.3 is 0 Å². The summed E-state index contributed by atoms with van der Waals surface area (Å²) in [5.41, 5.74) is 1.02. The second-order valence-corrected chi connectivity index (χ2v) is 7.59. The summed E-state index contributed by atoms with van der Waals surface area (Å²) in [6, 6.07) is 13.5. The fourth-order valence-corrected chi connectivity index (χ4v) is 3.54. The van der Waals surface area contributed by atoms with E-state index in [1.54, 1.807) is 35.6 Å². The normalized spacial score (nSPS) is 10.5. The summed E-state index contributed by atoms with van der Waals surface area (Å²) in [5.74, 6) is -0.0587. The molecule has 3 aromatic rings. The molecule has 0 unspecified atom stereocenters. The standard InChI is InChI=1S/C20H15Cl2NO3S/c1-12(24)17-10-14(26-11-15-3-2-8-27-15)5-7-19(17)23-20(25)16-6-4-13(21)9-18(16)22/h2-10H,11H2,1H3,(H,23,25). The van der Waals surface area contributed by atoms with Crippen molar-refractivity contribution in [2.75, 3.05) is 5.32 Å². The summed E-state index contributed by atoms with van der Waals surface area (Å²) < 4.78 is 5.73. The molecule has 0 aliphatic rings. The van der Waals surface area contributed by atoms with Crippen molar-refractivity contribution in [2.24, 2.45) is 0 Å². The molecule has 3 rings (SSSR count). The van der Waals surface area contributed by atoms with E-state index in [1.165, 1.54) is 19.1 Å². The fourth-order valence-electron chi connectivity index (χ4n) is 2.43. The van der Waals surface area contributed by atoms with E-state index in [2.05, 4.69) is 5.32 Å². The first kappa shape index (κ1) is 19.4. The summed E-state index contributed by atoms with van der Waals surface area (Å²) in [4.78, 5) is 25.6. The van der Waals surface area contributed by atoms with Gasteiger partial charge in [0.2, 0.25) is 0 Å². The Morgan fingerprint density at radius 2 is 1.89 bits per heavy atom. The lowest BCUT2D eigenvalue weighted by Crippen LogP contribution is -2.15. The van der Waals surface area contributed by atoms with Crippen LogP contribution < -0.4 is 10.1 Å². The number of ether oxygens (including phenoxy) is 1. The Labute approximate surface area is 170 Å². The van der Waals surface area contributed by atoms with Crippen molar-refractivity contribution in [1.82, 2.24) is 0 Å². The van der Waals surface area contributed by atoms with Crippen LogP contribution in [0, 0.1) is 0 Å². The Morgan fingerprint density at radius 1 is 1.07 bits per heavy atom. The lowest BCUT2D eigenvalue weighted by atomic mass is 10.1. The van der Waals surface area contributed by atoms with Crippen molar-refractivity contribution in [2.45, 2.75) is 13.5 Å². The number of carbonyl (C=O) groups excluding carboxylic acids is 2. The van der Waals surface area contributed by atoms with Crippen LogP contribution in [0.1, 0.15) is 32.5 Å². The molecule has 1 amide bonds. The molecule has 0 saturated heterocycles. The van der Waals surface area contributed by atoms with Crippen LogP contribution in [-0.2, 0) is 6.61 Å². The molecule has 0 atom stereocenters. The van der Waals surface area contributed by atoms with Crippen molar-refractivity contribution >= 4 is 51.9 Å². The van der Waals surface area contributed by atoms with Crippen molar-refractivity contribution < 1.29 is 14.3 Å². The van der Waals surface area contributed by atoms with Gasteiger partial charge in [0.1, 0.15) is 12.4 Å². The van der Waals surface area contributed by atoms with Gasteiger partial charge in [-0.3, -0.25) is 9.59 Å². The highest BCUT2D eigenvalue weighted by Gasteiger charge is 2.15. The van der Waals surface area contributed by atoms with E-state index in [9.17, 15) is 9.59 Å². The number of halogens is 2. The van der Waals surface area contributed by atoms with E-state index in [0.717, 1.165) is 4.88 Å². The molecule has 0 saturated carbocycles. The van der Waals surface area contributed by atoms with Crippen molar-refractivity contribution in [3.8, 4) is 5.75 Å². The Hall–Kier alpha value is -2.34. The maximum absolute atomic E-state index is 12.5. The van der Waals surface area contributed by atoms with Gasteiger partial charge in [-0.15, -0.1) is 11.3 Å². The molecular formula is C20H15Cl2NO3S. The molecule has 27 heavy (non-hydrogen) atoms. The van der Waals surface area contributed by atoms with Crippen molar-refractivity contribution in [1.29, 1.82) is 0 Å². The van der Waals surface area contributed by atoms with Gasteiger partial charge in [-0.25, -0.2) is 0 Å². The summed E-state index contributed by atoms with van der Waals surface area (Å²) in [6.45, 7) is 1.85. The molecule has 0 aliphatic carbocycles. The molecule has 0 aliphatic heterocycles. The van der Waals surface area contributed by atoms with Gasteiger partial charge < -0.3 is 10.1 Å². The number of anilines is 1. The number of rotatable bonds is 6. The average molecular weight is 420 g/mol. The third-order valence-electron chi connectivity index (χ3n) is 3.76. The van der Waals surface area contributed by atoms with Gasteiger partial charge in [-0.05, 0) is 54.8 Å². The minimum Gasteiger partial charge on any atom is -0.488 e. The number of carbonyl (C=O) groups is 2. The third kappa shape index (κ3) is 4.89. The van der Waals surface area contributed by atoms with Gasteiger partial charge in [-0.2, -0.15) is 0 Å². The summed E-state index contributed by atoms with van der Waals surface area (Å²) in [7, 11) is 0. The van der Waals surface area contributed by atoms with Gasteiger partial charge in [0.25, 0.3) is 5.91 Å². The molecule has 1 aromatic heterocycles. The molecule has 0 bridgehead atoms. The molecule has 0 radical (unpaired) electrons. The highest BCUT2D eigenvalue weighted by molar-refractivity contribution is 7.09. The van der Waals surface area contributed by atoms with Crippen LogP contribution in [0.3, 0.4) is 0 Å². The van der Waals surface area contributed by atoms with Gasteiger partial charge in [0.15, 0.2) is 5.78 Å². The molecule has 1 heterocycles. The molecule has 138 valence electrons. The van der Waals surface area contributed by atoms with E-state index in [0.29, 0.717) is 28.6 Å². The van der Waals surface area contributed by atoms with E-state index in [-0.39, 0.29) is 16.4 Å². The smallest absolute Gasteiger partial charge is 0.257 e.